The van der Waals surface area contributed by atoms with Crippen molar-refractivity contribution in [3.8, 4) is 22.8 Å². The van der Waals surface area contributed by atoms with Gasteiger partial charge >= 0.3 is 0 Å². The maximum atomic E-state index is 12.5. The first kappa shape index (κ1) is 16.8. The fourth-order valence-electron chi connectivity index (χ4n) is 3.10. The summed E-state index contributed by atoms with van der Waals surface area (Å²) in [5, 5.41) is 6.04. The number of nitrogens with one attached hydrogen (secondary N) is 2. The van der Waals surface area contributed by atoms with Crippen molar-refractivity contribution in [2.45, 2.75) is 19.1 Å². The lowest BCUT2D eigenvalue weighted by molar-refractivity contribution is -0.123. The molecule has 2 N–H and O–H groups in total. The number of carbonyl (C=O) groups excluding carboxylic acids is 1. The van der Waals surface area contributed by atoms with E-state index in [1.807, 2.05) is 37.3 Å². The van der Waals surface area contributed by atoms with E-state index in [-0.39, 0.29) is 18.1 Å². The number of hydrogen-bond acceptors (Lipinski definition) is 6. The van der Waals surface area contributed by atoms with Gasteiger partial charge in [0, 0.05) is 12.1 Å². The molecule has 0 spiro atoms. The largest absolute Gasteiger partial charge is 0.486 e. The molecule has 26 heavy (non-hydrogen) atoms. The van der Waals surface area contributed by atoms with Gasteiger partial charge in [0.2, 0.25) is 5.91 Å². The highest BCUT2D eigenvalue weighted by Gasteiger charge is 2.28. The summed E-state index contributed by atoms with van der Waals surface area (Å²) in [5.74, 6) is 1.80. The zero-order valence-corrected chi connectivity index (χ0v) is 14.5. The van der Waals surface area contributed by atoms with Crippen molar-refractivity contribution in [2.75, 3.05) is 31.7 Å². The van der Waals surface area contributed by atoms with Crippen LogP contribution in [0, 0.1) is 0 Å². The van der Waals surface area contributed by atoms with E-state index in [1.54, 1.807) is 6.07 Å². The SMILES string of the molecule is C[C@H]1OCCN[C@@H]1C(=O)Nc1cccc(-c2ccc3c(c2)OCCO3)n1. The Morgan fingerprint density at radius 2 is 2.00 bits per heavy atom. The van der Waals surface area contributed by atoms with Gasteiger partial charge in [0.1, 0.15) is 25.1 Å². The Bertz CT molecular complexity index is 811. The van der Waals surface area contributed by atoms with E-state index in [0.29, 0.717) is 37.9 Å². The monoisotopic (exact) mass is 355 g/mol. The van der Waals surface area contributed by atoms with Crippen molar-refractivity contribution in [1.29, 1.82) is 0 Å². The highest BCUT2D eigenvalue weighted by atomic mass is 16.6. The highest BCUT2D eigenvalue weighted by Crippen LogP contribution is 2.34. The first-order valence-corrected chi connectivity index (χ1v) is 8.73. The Labute approximate surface area is 151 Å². The van der Waals surface area contributed by atoms with Gasteiger partial charge in [0.15, 0.2) is 11.5 Å². The number of rotatable bonds is 3. The van der Waals surface area contributed by atoms with Crippen molar-refractivity contribution in [3.05, 3.63) is 36.4 Å². The van der Waals surface area contributed by atoms with E-state index < -0.39 is 0 Å². The molecule has 2 aliphatic heterocycles. The Kier molecular flexibility index (Phi) is 4.73. The number of morpholine rings is 1. The molecule has 0 saturated carbocycles. The predicted molar refractivity (Wildman–Crippen MR) is 96.5 cm³/mol. The van der Waals surface area contributed by atoms with Crippen molar-refractivity contribution < 1.29 is 19.0 Å². The van der Waals surface area contributed by atoms with E-state index in [2.05, 4.69) is 15.6 Å². The molecule has 0 aliphatic carbocycles. The molecule has 2 aliphatic rings. The van der Waals surface area contributed by atoms with Gasteiger partial charge in [-0.05, 0) is 37.3 Å². The number of nitrogens with zero attached hydrogens (tertiary/aromatic N) is 1. The van der Waals surface area contributed by atoms with Gasteiger partial charge in [-0.3, -0.25) is 4.79 Å². The molecule has 0 unspecified atom stereocenters. The summed E-state index contributed by atoms with van der Waals surface area (Å²) in [6, 6.07) is 10.9. The third-order valence-corrected chi connectivity index (χ3v) is 4.44. The number of pyridine rings is 1. The minimum absolute atomic E-state index is 0.149. The third kappa shape index (κ3) is 3.49. The second-order valence-electron chi connectivity index (χ2n) is 6.26. The average Bonchev–Trinajstić information content (AvgIpc) is 2.68. The lowest BCUT2D eigenvalue weighted by atomic mass is 10.1. The average molecular weight is 355 g/mol. The summed E-state index contributed by atoms with van der Waals surface area (Å²) < 4.78 is 16.7. The molecular weight excluding hydrogens is 334 g/mol. The molecule has 1 aromatic carbocycles. The fraction of sp³-hybridized carbons (Fsp3) is 0.368. The lowest BCUT2D eigenvalue weighted by Crippen LogP contribution is -2.53. The molecule has 2 atom stereocenters. The van der Waals surface area contributed by atoms with Crippen LogP contribution in [0.5, 0.6) is 11.5 Å². The maximum Gasteiger partial charge on any atom is 0.245 e. The Hall–Kier alpha value is -2.64. The zero-order chi connectivity index (χ0) is 17.9. The Morgan fingerprint density at radius 3 is 2.85 bits per heavy atom. The van der Waals surface area contributed by atoms with E-state index in [4.69, 9.17) is 14.2 Å². The molecular formula is C19H21N3O4. The number of hydrogen-bond donors (Lipinski definition) is 2. The molecule has 7 heteroatoms. The van der Waals surface area contributed by atoms with Crippen LogP contribution in [-0.4, -0.2) is 49.4 Å². The van der Waals surface area contributed by atoms with Crippen LogP contribution in [0.2, 0.25) is 0 Å². The number of fused-ring (bicyclic) bond motifs is 1. The maximum absolute atomic E-state index is 12.5. The highest BCUT2D eigenvalue weighted by molar-refractivity contribution is 5.94. The number of benzene rings is 1. The molecule has 4 rings (SSSR count). The molecule has 3 heterocycles. The first-order valence-electron chi connectivity index (χ1n) is 8.73. The Morgan fingerprint density at radius 1 is 1.15 bits per heavy atom. The van der Waals surface area contributed by atoms with Crippen molar-refractivity contribution in [3.63, 3.8) is 0 Å². The number of amides is 1. The molecule has 2 aromatic rings. The quantitative estimate of drug-likeness (QED) is 0.874. The van der Waals surface area contributed by atoms with Crippen LogP contribution in [0.3, 0.4) is 0 Å². The summed E-state index contributed by atoms with van der Waals surface area (Å²) in [4.78, 5) is 17.0. The number of anilines is 1. The number of ether oxygens (including phenoxy) is 3. The van der Waals surface area contributed by atoms with Crippen LogP contribution >= 0.6 is 0 Å². The van der Waals surface area contributed by atoms with E-state index >= 15 is 0 Å². The molecule has 136 valence electrons. The summed E-state index contributed by atoms with van der Waals surface area (Å²) in [6.07, 6.45) is -0.176. The van der Waals surface area contributed by atoms with Gasteiger partial charge in [0.25, 0.3) is 0 Å². The molecule has 1 amide bonds. The van der Waals surface area contributed by atoms with Crippen LogP contribution < -0.4 is 20.1 Å². The van der Waals surface area contributed by atoms with Crippen molar-refractivity contribution in [2.24, 2.45) is 0 Å². The molecule has 0 radical (unpaired) electrons. The number of carbonyl (C=O) groups is 1. The third-order valence-electron chi connectivity index (χ3n) is 4.44. The smallest absolute Gasteiger partial charge is 0.245 e. The van der Waals surface area contributed by atoms with E-state index in [1.165, 1.54) is 0 Å². The normalized spacial score (nSPS) is 21.9. The molecule has 0 bridgehead atoms. The van der Waals surface area contributed by atoms with Gasteiger partial charge in [-0.25, -0.2) is 4.98 Å². The molecule has 1 fully saturated rings. The van der Waals surface area contributed by atoms with Crippen LogP contribution in [-0.2, 0) is 9.53 Å². The standard InChI is InChI=1S/C19H21N3O4/c1-12-18(20-7-8-24-12)19(23)22-17-4-2-3-14(21-17)13-5-6-15-16(11-13)26-10-9-25-15/h2-6,11-12,18,20H,7-10H2,1H3,(H,21,22,23)/t12-,18+/m1/s1. The minimum atomic E-state index is -0.386. The topological polar surface area (TPSA) is 81.7 Å². The fourth-order valence-corrected chi connectivity index (χ4v) is 3.10. The predicted octanol–water partition coefficient (Wildman–Crippen LogP) is 1.84. The van der Waals surface area contributed by atoms with Gasteiger partial charge in [-0.15, -0.1) is 0 Å². The van der Waals surface area contributed by atoms with Crippen LogP contribution in [0.4, 0.5) is 5.82 Å². The van der Waals surface area contributed by atoms with E-state index in [9.17, 15) is 4.79 Å². The van der Waals surface area contributed by atoms with Crippen molar-refractivity contribution in [1.82, 2.24) is 10.3 Å². The van der Waals surface area contributed by atoms with Crippen LogP contribution in [0.1, 0.15) is 6.92 Å². The first-order chi connectivity index (χ1) is 12.7. The lowest BCUT2D eigenvalue weighted by Gasteiger charge is -2.29. The van der Waals surface area contributed by atoms with Crippen LogP contribution in [0.25, 0.3) is 11.3 Å². The van der Waals surface area contributed by atoms with Gasteiger partial charge in [-0.2, -0.15) is 0 Å². The molecule has 1 saturated heterocycles. The van der Waals surface area contributed by atoms with E-state index in [0.717, 1.165) is 17.0 Å². The summed E-state index contributed by atoms with van der Waals surface area (Å²) >= 11 is 0. The Balaban J connectivity index is 1.52. The summed E-state index contributed by atoms with van der Waals surface area (Å²) in [5.41, 5.74) is 1.65. The minimum Gasteiger partial charge on any atom is -0.486 e. The number of aromatic nitrogens is 1. The van der Waals surface area contributed by atoms with Gasteiger partial charge in [0.05, 0.1) is 18.4 Å². The molecule has 1 aromatic heterocycles. The second-order valence-corrected chi connectivity index (χ2v) is 6.26. The summed E-state index contributed by atoms with van der Waals surface area (Å²) in [7, 11) is 0. The second kappa shape index (κ2) is 7.31. The van der Waals surface area contributed by atoms with Crippen LogP contribution in [0.15, 0.2) is 36.4 Å². The summed E-state index contributed by atoms with van der Waals surface area (Å²) in [6.45, 7) is 4.25. The molecule has 7 nitrogen and oxygen atoms in total. The van der Waals surface area contributed by atoms with Gasteiger partial charge in [-0.1, -0.05) is 6.07 Å². The van der Waals surface area contributed by atoms with Gasteiger partial charge < -0.3 is 24.8 Å². The van der Waals surface area contributed by atoms with Crippen molar-refractivity contribution >= 4 is 11.7 Å². The zero-order valence-electron chi connectivity index (χ0n) is 14.5.